The van der Waals surface area contributed by atoms with E-state index in [1.165, 1.54) is 0 Å². The number of aliphatic hydroxyl groups is 1. The molecule has 3 heteroatoms. The van der Waals surface area contributed by atoms with Gasteiger partial charge in [-0.1, -0.05) is 0 Å². The molecular weight excluding hydrogens is 152 g/mol. The predicted molar refractivity (Wildman–Crippen MR) is 51.0 cm³/mol. The van der Waals surface area contributed by atoms with Crippen molar-refractivity contribution in [3.05, 3.63) is 24.3 Å². The fourth-order valence-electron chi connectivity index (χ4n) is 1.05. The normalized spacial score (nSPS) is 9.83. The van der Waals surface area contributed by atoms with E-state index in [1.54, 1.807) is 0 Å². The first-order chi connectivity index (χ1) is 5.77. The third-order valence-corrected chi connectivity index (χ3v) is 1.81. The Morgan fingerprint density at radius 1 is 1.33 bits per heavy atom. The Labute approximate surface area is 72.4 Å². The summed E-state index contributed by atoms with van der Waals surface area (Å²) in [6.45, 7) is 2.83. The summed E-state index contributed by atoms with van der Waals surface area (Å²) in [6.07, 6.45) is 0. The van der Waals surface area contributed by atoms with Crippen LogP contribution in [0.3, 0.4) is 0 Å². The van der Waals surface area contributed by atoms with E-state index in [9.17, 15) is 0 Å². The SMILES string of the molecule is CCN(CO)c1ccc(N)cc1. The summed E-state index contributed by atoms with van der Waals surface area (Å²) in [6, 6.07) is 7.45. The van der Waals surface area contributed by atoms with Crippen LogP contribution in [0.1, 0.15) is 6.92 Å². The van der Waals surface area contributed by atoms with Crippen LogP contribution in [0.25, 0.3) is 0 Å². The van der Waals surface area contributed by atoms with Gasteiger partial charge in [0.15, 0.2) is 0 Å². The molecule has 0 bridgehead atoms. The van der Waals surface area contributed by atoms with E-state index in [4.69, 9.17) is 10.8 Å². The predicted octanol–water partition coefficient (Wildman–Crippen LogP) is 1.04. The first-order valence-corrected chi connectivity index (χ1v) is 3.99. The molecule has 0 aliphatic carbocycles. The van der Waals surface area contributed by atoms with Crippen molar-refractivity contribution in [1.29, 1.82) is 0 Å². The number of aliphatic hydroxyl groups excluding tert-OH is 1. The quantitative estimate of drug-likeness (QED) is 0.521. The Balaban J connectivity index is 2.80. The van der Waals surface area contributed by atoms with Crippen LogP contribution in [0.2, 0.25) is 0 Å². The first kappa shape index (κ1) is 8.87. The standard InChI is InChI=1S/C9H14N2O/c1-2-11(7-12)9-5-3-8(10)4-6-9/h3-6,12H,2,7,10H2,1H3. The second-order valence-electron chi connectivity index (χ2n) is 2.59. The van der Waals surface area contributed by atoms with E-state index in [-0.39, 0.29) is 6.73 Å². The molecule has 0 atom stereocenters. The highest BCUT2D eigenvalue weighted by atomic mass is 16.3. The van der Waals surface area contributed by atoms with Crippen molar-refractivity contribution in [3.63, 3.8) is 0 Å². The summed E-state index contributed by atoms with van der Waals surface area (Å²) in [5.41, 5.74) is 7.27. The van der Waals surface area contributed by atoms with Gasteiger partial charge in [0.05, 0.1) is 0 Å². The molecule has 0 unspecified atom stereocenters. The van der Waals surface area contributed by atoms with Gasteiger partial charge >= 0.3 is 0 Å². The van der Waals surface area contributed by atoms with Gasteiger partial charge in [0.25, 0.3) is 0 Å². The van der Waals surface area contributed by atoms with Crippen LogP contribution in [0.15, 0.2) is 24.3 Å². The third-order valence-electron chi connectivity index (χ3n) is 1.81. The highest BCUT2D eigenvalue weighted by Crippen LogP contribution is 2.14. The van der Waals surface area contributed by atoms with Gasteiger partial charge in [-0.15, -0.1) is 0 Å². The fourth-order valence-corrected chi connectivity index (χ4v) is 1.05. The first-order valence-electron chi connectivity index (χ1n) is 3.99. The topological polar surface area (TPSA) is 49.5 Å². The van der Waals surface area contributed by atoms with Crippen LogP contribution in [0.4, 0.5) is 11.4 Å². The van der Waals surface area contributed by atoms with Crippen molar-refractivity contribution in [2.75, 3.05) is 23.9 Å². The summed E-state index contributed by atoms with van der Waals surface area (Å²) in [5, 5.41) is 8.94. The van der Waals surface area contributed by atoms with E-state index >= 15 is 0 Å². The van der Waals surface area contributed by atoms with E-state index in [1.807, 2.05) is 36.1 Å². The van der Waals surface area contributed by atoms with Crippen LogP contribution in [0.5, 0.6) is 0 Å². The molecule has 3 N–H and O–H groups in total. The van der Waals surface area contributed by atoms with E-state index in [0.29, 0.717) is 0 Å². The molecular formula is C9H14N2O. The molecule has 1 rings (SSSR count). The maximum atomic E-state index is 8.94. The van der Waals surface area contributed by atoms with Gasteiger partial charge in [0, 0.05) is 17.9 Å². The maximum absolute atomic E-state index is 8.94. The van der Waals surface area contributed by atoms with Gasteiger partial charge in [-0.3, -0.25) is 0 Å². The molecule has 0 saturated carbocycles. The average Bonchev–Trinajstić information content (AvgIpc) is 2.10. The summed E-state index contributed by atoms with van der Waals surface area (Å²) < 4.78 is 0. The molecule has 1 aromatic rings. The Hall–Kier alpha value is -1.22. The minimum atomic E-state index is 0.0421. The zero-order valence-electron chi connectivity index (χ0n) is 7.20. The van der Waals surface area contributed by atoms with Crippen molar-refractivity contribution in [3.8, 4) is 0 Å². The smallest absolute Gasteiger partial charge is 0.115 e. The summed E-state index contributed by atoms with van der Waals surface area (Å²) in [5.74, 6) is 0. The lowest BCUT2D eigenvalue weighted by atomic mass is 10.2. The van der Waals surface area contributed by atoms with Crippen LogP contribution >= 0.6 is 0 Å². The number of rotatable bonds is 3. The van der Waals surface area contributed by atoms with Crippen LogP contribution in [-0.4, -0.2) is 18.4 Å². The van der Waals surface area contributed by atoms with Gasteiger partial charge in [-0.05, 0) is 31.2 Å². The second kappa shape index (κ2) is 3.97. The molecule has 66 valence electrons. The summed E-state index contributed by atoms with van der Waals surface area (Å²) in [4.78, 5) is 1.85. The highest BCUT2D eigenvalue weighted by Gasteiger charge is 1.99. The molecule has 12 heavy (non-hydrogen) atoms. The monoisotopic (exact) mass is 166 g/mol. The Morgan fingerprint density at radius 3 is 2.33 bits per heavy atom. The Bertz CT molecular complexity index is 229. The number of benzene rings is 1. The molecule has 0 radical (unpaired) electrons. The fraction of sp³-hybridized carbons (Fsp3) is 0.333. The van der Waals surface area contributed by atoms with E-state index < -0.39 is 0 Å². The van der Waals surface area contributed by atoms with Crippen molar-refractivity contribution in [2.24, 2.45) is 0 Å². The van der Waals surface area contributed by atoms with Crippen molar-refractivity contribution in [1.82, 2.24) is 0 Å². The van der Waals surface area contributed by atoms with Crippen molar-refractivity contribution >= 4 is 11.4 Å². The lowest BCUT2D eigenvalue weighted by Gasteiger charge is -2.19. The lowest BCUT2D eigenvalue weighted by Crippen LogP contribution is -2.23. The molecule has 0 spiro atoms. The molecule has 3 nitrogen and oxygen atoms in total. The third kappa shape index (κ3) is 1.89. The molecule has 0 amide bonds. The zero-order chi connectivity index (χ0) is 8.97. The minimum Gasteiger partial charge on any atom is -0.399 e. The van der Waals surface area contributed by atoms with Gasteiger partial charge in [0.1, 0.15) is 6.73 Å². The Kier molecular flexibility index (Phi) is 2.94. The molecule has 0 saturated heterocycles. The number of nitrogens with zero attached hydrogens (tertiary/aromatic N) is 1. The minimum absolute atomic E-state index is 0.0421. The number of hydrogen-bond donors (Lipinski definition) is 2. The number of anilines is 2. The molecule has 0 aliphatic rings. The van der Waals surface area contributed by atoms with Gasteiger partial charge in [0.2, 0.25) is 0 Å². The highest BCUT2D eigenvalue weighted by molar-refractivity contribution is 5.52. The van der Waals surface area contributed by atoms with Crippen LogP contribution in [0, 0.1) is 0 Å². The van der Waals surface area contributed by atoms with Crippen LogP contribution in [-0.2, 0) is 0 Å². The summed E-state index contributed by atoms with van der Waals surface area (Å²) >= 11 is 0. The molecule has 0 aromatic heterocycles. The number of nitrogens with two attached hydrogens (primary N) is 1. The molecule has 0 fully saturated rings. The van der Waals surface area contributed by atoms with Gasteiger partial charge < -0.3 is 15.7 Å². The van der Waals surface area contributed by atoms with E-state index in [0.717, 1.165) is 17.9 Å². The Morgan fingerprint density at radius 2 is 1.92 bits per heavy atom. The zero-order valence-corrected chi connectivity index (χ0v) is 7.20. The summed E-state index contributed by atoms with van der Waals surface area (Å²) in [7, 11) is 0. The molecule has 0 heterocycles. The molecule has 0 aliphatic heterocycles. The number of nitrogen functional groups attached to an aromatic ring is 1. The van der Waals surface area contributed by atoms with Gasteiger partial charge in [-0.25, -0.2) is 0 Å². The molecule has 1 aromatic carbocycles. The van der Waals surface area contributed by atoms with Crippen LogP contribution < -0.4 is 10.6 Å². The number of hydrogen-bond acceptors (Lipinski definition) is 3. The lowest BCUT2D eigenvalue weighted by molar-refractivity contribution is 0.293. The maximum Gasteiger partial charge on any atom is 0.115 e. The van der Waals surface area contributed by atoms with Crippen molar-refractivity contribution < 1.29 is 5.11 Å². The van der Waals surface area contributed by atoms with E-state index in [2.05, 4.69) is 0 Å². The second-order valence-corrected chi connectivity index (χ2v) is 2.59. The average molecular weight is 166 g/mol. The van der Waals surface area contributed by atoms with Crippen molar-refractivity contribution in [2.45, 2.75) is 6.92 Å². The largest absolute Gasteiger partial charge is 0.399 e. The van der Waals surface area contributed by atoms with Gasteiger partial charge in [-0.2, -0.15) is 0 Å².